The molecule has 0 bridgehead atoms. The van der Waals surface area contributed by atoms with Crippen LogP contribution in [0, 0.1) is 5.92 Å². The molecule has 1 amide bonds. The van der Waals surface area contributed by atoms with Gasteiger partial charge in [0.1, 0.15) is 0 Å². The van der Waals surface area contributed by atoms with Gasteiger partial charge in [0.05, 0.1) is 4.88 Å². The minimum absolute atomic E-state index is 0.0646. The normalized spacial score (nSPS) is 18.5. The molecule has 1 fully saturated rings. The van der Waals surface area contributed by atoms with E-state index in [4.69, 9.17) is 0 Å². The van der Waals surface area contributed by atoms with Crippen molar-refractivity contribution in [2.45, 2.75) is 24.3 Å². The lowest BCUT2D eigenvalue weighted by Crippen LogP contribution is -2.40. The lowest BCUT2D eigenvalue weighted by molar-refractivity contribution is 0.0934. The number of hydrogen-bond acceptors (Lipinski definition) is 4. The van der Waals surface area contributed by atoms with Gasteiger partial charge in [0.15, 0.2) is 0 Å². The van der Waals surface area contributed by atoms with Crippen molar-refractivity contribution in [2.75, 3.05) is 25.9 Å². The number of thioether (sulfide) groups is 1. The molecule has 1 aliphatic heterocycles. The summed E-state index contributed by atoms with van der Waals surface area (Å²) in [7, 11) is 0. The number of thiophene rings is 1. The smallest absolute Gasteiger partial charge is 0.261 e. The number of likely N-dealkylation sites (tertiary alicyclic amines) is 1. The molecule has 1 aliphatic rings. The van der Waals surface area contributed by atoms with Gasteiger partial charge in [-0.15, -0.1) is 23.1 Å². The Morgan fingerprint density at radius 2 is 2.29 bits per heavy atom. The zero-order chi connectivity index (χ0) is 16.8. The van der Waals surface area contributed by atoms with Crippen LogP contribution in [0.3, 0.4) is 0 Å². The van der Waals surface area contributed by atoms with Crippen molar-refractivity contribution in [1.29, 1.82) is 0 Å². The Hall–Kier alpha value is -1.30. The fourth-order valence-electron chi connectivity index (χ4n) is 3.22. The van der Waals surface area contributed by atoms with Crippen LogP contribution in [-0.2, 0) is 6.54 Å². The second-order valence-corrected chi connectivity index (χ2v) is 8.11. The standard InChI is InChI=1S/C19H24N2OS2/c1-23-17-7-2-5-15(11-17)13-21-9-3-6-16(14-21)12-20-19(22)18-8-4-10-24-18/h2,4-5,7-8,10-11,16H,3,6,9,12-14H2,1H3,(H,20,22). The number of hydrogen-bond donors (Lipinski definition) is 1. The predicted molar refractivity (Wildman–Crippen MR) is 103 cm³/mol. The van der Waals surface area contributed by atoms with Gasteiger partial charge in [-0.25, -0.2) is 0 Å². The number of piperidine rings is 1. The van der Waals surface area contributed by atoms with Crippen LogP contribution in [0.5, 0.6) is 0 Å². The number of carbonyl (C=O) groups is 1. The molecule has 0 radical (unpaired) electrons. The van der Waals surface area contributed by atoms with Gasteiger partial charge in [0.25, 0.3) is 5.91 Å². The summed E-state index contributed by atoms with van der Waals surface area (Å²) in [6, 6.07) is 12.6. The molecule has 1 aromatic heterocycles. The van der Waals surface area contributed by atoms with E-state index in [2.05, 4.69) is 40.7 Å². The van der Waals surface area contributed by atoms with E-state index in [9.17, 15) is 4.79 Å². The van der Waals surface area contributed by atoms with Gasteiger partial charge < -0.3 is 5.32 Å². The van der Waals surface area contributed by atoms with E-state index in [1.165, 1.54) is 34.6 Å². The third-order valence-corrected chi connectivity index (χ3v) is 6.03. The van der Waals surface area contributed by atoms with Gasteiger partial charge in [-0.05, 0) is 60.7 Å². The second-order valence-electron chi connectivity index (χ2n) is 6.28. The molecule has 0 saturated carbocycles. The highest BCUT2D eigenvalue weighted by molar-refractivity contribution is 7.98. The molecule has 3 nitrogen and oxygen atoms in total. The Labute approximate surface area is 152 Å². The molecule has 2 heterocycles. The first-order chi connectivity index (χ1) is 11.7. The molecule has 1 unspecified atom stereocenters. The first-order valence-electron chi connectivity index (χ1n) is 8.41. The zero-order valence-corrected chi connectivity index (χ0v) is 15.7. The number of benzene rings is 1. The highest BCUT2D eigenvalue weighted by Gasteiger charge is 2.21. The number of nitrogens with one attached hydrogen (secondary N) is 1. The van der Waals surface area contributed by atoms with Gasteiger partial charge >= 0.3 is 0 Å². The molecular formula is C19H24N2OS2. The largest absolute Gasteiger partial charge is 0.351 e. The van der Waals surface area contributed by atoms with Crippen LogP contribution in [0.2, 0.25) is 0 Å². The molecular weight excluding hydrogens is 336 g/mol. The third-order valence-electron chi connectivity index (χ3n) is 4.44. The molecule has 5 heteroatoms. The van der Waals surface area contributed by atoms with Crippen LogP contribution >= 0.6 is 23.1 Å². The number of rotatable bonds is 6. The topological polar surface area (TPSA) is 32.3 Å². The van der Waals surface area contributed by atoms with Gasteiger partial charge in [-0.3, -0.25) is 9.69 Å². The summed E-state index contributed by atoms with van der Waals surface area (Å²) < 4.78 is 0. The summed E-state index contributed by atoms with van der Waals surface area (Å²) in [5.74, 6) is 0.612. The van der Waals surface area contributed by atoms with E-state index >= 15 is 0 Å². The van der Waals surface area contributed by atoms with Crippen LogP contribution in [0.1, 0.15) is 28.1 Å². The van der Waals surface area contributed by atoms with E-state index in [1.807, 2.05) is 17.5 Å². The molecule has 1 N–H and O–H groups in total. The van der Waals surface area contributed by atoms with Crippen molar-refractivity contribution in [3.63, 3.8) is 0 Å². The highest BCUT2D eigenvalue weighted by Crippen LogP contribution is 2.21. The predicted octanol–water partition coefficient (Wildman–Crippen LogP) is 4.11. The number of amides is 1. The summed E-state index contributed by atoms with van der Waals surface area (Å²) >= 11 is 3.29. The van der Waals surface area contributed by atoms with E-state index in [-0.39, 0.29) is 5.91 Å². The van der Waals surface area contributed by atoms with E-state index in [0.717, 1.165) is 31.1 Å². The Morgan fingerprint density at radius 1 is 1.38 bits per heavy atom. The summed E-state index contributed by atoms with van der Waals surface area (Å²) in [5, 5.41) is 5.04. The van der Waals surface area contributed by atoms with Crippen molar-refractivity contribution in [3.05, 3.63) is 52.2 Å². The molecule has 0 aliphatic carbocycles. The van der Waals surface area contributed by atoms with Crippen LogP contribution < -0.4 is 5.32 Å². The monoisotopic (exact) mass is 360 g/mol. The van der Waals surface area contributed by atoms with Crippen LogP contribution in [0.4, 0.5) is 0 Å². The Morgan fingerprint density at radius 3 is 3.08 bits per heavy atom. The molecule has 24 heavy (non-hydrogen) atoms. The minimum atomic E-state index is 0.0646. The summed E-state index contributed by atoms with van der Waals surface area (Å²) in [5.41, 5.74) is 1.38. The maximum absolute atomic E-state index is 12.1. The van der Waals surface area contributed by atoms with Gasteiger partial charge in [-0.1, -0.05) is 18.2 Å². The SMILES string of the molecule is CSc1cccc(CN2CCCC(CNC(=O)c3cccs3)C2)c1. The number of carbonyl (C=O) groups excluding carboxylic acids is 1. The third kappa shape index (κ3) is 4.85. The molecule has 2 aromatic rings. The van der Waals surface area contributed by atoms with E-state index in [0.29, 0.717) is 5.92 Å². The van der Waals surface area contributed by atoms with Gasteiger partial charge in [0, 0.05) is 24.5 Å². The zero-order valence-electron chi connectivity index (χ0n) is 14.0. The Balaban J connectivity index is 1.49. The summed E-state index contributed by atoms with van der Waals surface area (Å²) in [6.07, 6.45) is 4.53. The molecule has 3 rings (SSSR count). The average Bonchev–Trinajstić information content (AvgIpc) is 3.15. The molecule has 1 saturated heterocycles. The molecule has 128 valence electrons. The van der Waals surface area contributed by atoms with E-state index in [1.54, 1.807) is 11.8 Å². The first kappa shape index (κ1) is 17.5. The Bertz CT molecular complexity index is 657. The second kappa shape index (κ2) is 8.70. The van der Waals surface area contributed by atoms with Crippen molar-refractivity contribution in [3.8, 4) is 0 Å². The van der Waals surface area contributed by atoms with Crippen molar-refractivity contribution in [1.82, 2.24) is 10.2 Å². The van der Waals surface area contributed by atoms with Crippen LogP contribution in [-0.4, -0.2) is 36.7 Å². The van der Waals surface area contributed by atoms with Gasteiger partial charge in [-0.2, -0.15) is 0 Å². The Kier molecular flexibility index (Phi) is 6.35. The fraction of sp³-hybridized carbons (Fsp3) is 0.421. The molecule has 0 spiro atoms. The average molecular weight is 361 g/mol. The van der Waals surface area contributed by atoms with Crippen LogP contribution in [0.15, 0.2) is 46.7 Å². The van der Waals surface area contributed by atoms with E-state index < -0.39 is 0 Å². The maximum atomic E-state index is 12.1. The lowest BCUT2D eigenvalue weighted by atomic mass is 9.97. The van der Waals surface area contributed by atoms with Crippen molar-refractivity contribution >= 4 is 29.0 Å². The van der Waals surface area contributed by atoms with Crippen molar-refractivity contribution < 1.29 is 4.79 Å². The van der Waals surface area contributed by atoms with Gasteiger partial charge in [0.2, 0.25) is 0 Å². The molecule has 1 atom stereocenters. The number of nitrogens with zero attached hydrogens (tertiary/aromatic N) is 1. The maximum Gasteiger partial charge on any atom is 0.261 e. The quantitative estimate of drug-likeness (QED) is 0.787. The molecule has 1 aromatic carbocycles. The van der Waals surface area contributed by atoms with Crippen molar-refractivity contribution in [2.24, 2.45) is 5.92 Å². The summed E-state index contributed by atoms with van der Waals surface area (Å²) in [4.78, 5) is 16.7. The lowest BCUT2D eigenvalue weighted by Gasteiger charge is -2.32. The fourth-order valence-corrected chi connectivity index (χ4v) is 4.35. The van der Waals surface area contributed by atoms with Crippen LogP contribution in [0.25, 0.3) is 0 Å². The highest BCUT2D eigenvalue weighted by atomic mass is 32.2. The minimum Gasteiger partial charge on any atom is -0.351 e. The summed E-state index contributed by atoms with van der Waals surface area (Å²) in [6.45, 7) is 3.99. The first-order valence-corrected chi connectivity index (χ1v) is 10.5.